The molecule has 0 spiro atoms. The van der Waals surface area contributed by atoms with Gasteiger partial charge in [0.1, 0.15) is 11.5 Å². The van der Waals surface area contributed by atoms with Gasteiger partial charge in [0.25, 0.3) is 0 Å². The quantitative estimate of drug-likeness (QED) is 0.315. The summed E-state index contributed by atoms with van der Waals surface area (Å²) in [7, 11) is 0. The van der Waals surface area contributed by atoms with Gasteiger partial charge in [-0.25, -0.2) is 0 Å². The molecule has 29 heavy (non-hydrogen) atoms. The second-order valence-electron chi connectivity index (χ2n) is 7.15. The van der Waals surface area contributed by atoms with Crippen molar-refractivity contribution in [3.05, 3.63) is 91.0 Å². The van der Waals surface area contributed by atoms with Crippen LogP contribution in [-0.2, 0) is 0 Å². The summed E-state index contributed by atoms with van der Waals surface area (Å²) in [6.45, 7) is 0. The minimum absolute atomic E-state index is 0.0726. The monoisotopic (exact) mass is 377 g/mol. The standard InChI is InChI=1S/C26H19NO2/c27-22-15-18-11-5-7-13-20(18)26(29)24(22)23-21(16-8-2-1-3-9-16)14-17-10-4-6-12-19(17)25(23)28/h1-15,28-29H,27H2. The van der Waals surface area contributed by atoms with Gasteiger partial charge in [0.15, 0.2) is 0 Å². The van der Waals surface area contributed by atoms with E-state index in [1.165, 1.54) is 0 Å². The molecule has 5 rings (SSSR count). The van der Waals surface area contributed by atoms with E-state index >= 15 is 0 Å². The van der Waals surface area contributed by atoms with Crippen LogP contribution < -0.4 is 5.73 Å². The Balaban J connectivity index is 1.95. The van der Waals surface area contributed by atoms with Crippen molar-refractivity contribution in [1.29, 1.82) is 0 Å². The molecule has 3 nitrogen and oxygen atoms in total. The molecule has 0 fully saturated rings. The summed E-state index contributed by atoms with van der Waals surface area (Å²) in [6.07, 6.45) is 0. The first kappa shape index (κ1) is 17.1. The van der Waals surface area contributed by atoms with Crippen molar-refractivity contribution < 1.29 is 10.2 Å². The number of benzene rings is 5. The molecule has 0 radical (unpaired) electrons. The van der Waals surface area contributed by atoms with E-state index in [2.05, 4.69) is 0 Å². The van der Waals surface area contributed by atoms with Crippen molar-refractivity contribution >= 4 is 27.2 Å². The maximum absolute atomic E-state index is 11.3. The number of hydrogen-bond donors (Lipinski definition) is 3. The van der Waals surface area contributed by atoms with Crippen LogP contribution in [-0.4, -0.2) is 10.2 Å². The van der Waals surface area contributed by atoms with Gasteiger partial charge in [-0.05, 0) is 34.0 Å². The highest BCUT2D eigenvalue weighted by atomic mass is 16.3. The predicted molar refractivity (Wildman–Crippen MR) is 120 cm³/mol. The number of rotatable bonds is 2. The zero-order valence-corrected chi connectivity index (χ0v) is 15.6. The van der Waals surface area contributed by atoms with Crippen LogP contribution >= 0.6 is 0 Å². The summed E-state index contributed by atoms with van der Waals surface area (Å²) in [4.78, 5) is 0. The smallest absolute Gasteiger partial charge is 0.133 e. The van der Waals surface area contributed by atoms with Crippen LogP contribution in [0.15, 0.2) is 91.0 Å². The number of hydrogen-bond acceptors (Lipinski definition) is 3. The van der Waals surface area contributed by atoms with Gasteiger partial charge in [0, 0.05) is 22.0 Å². The summed E-state index contributed by atoms with van der Waals surface area (Å²) in [5.74, 6) is 0.183. The minimum Gasteiger partial charge on any atom is -0.507 e. The van der Waals surface area contributed by atoms with Crippen molar-refractivity contribution in [3.8, 4) is 33.8 Å². The molecular formula is C26H19NO2. The molecule has 0 bridgehead atoms. The predicted octanol–water partition coefficient (Wildman–Crippen LogP) is 6.32. The lowest BCUT2D eigenvalue weighted by atomic mass is 9.88. The molecule has 0 saturated heterocycles. The van der Waals surface area contributed by atoms with Crippen LogP contribution in [0.2, 0.25) is 0 Å². The van der Waals surface area contributed by atoms with Crippen molar-refractivity contribution in [2.45, 2.75) is 0 Å². The Morgan fingerprint density at radius 1 is 0.552 bits per heavy atom. The zero-order chi connectivity index (χ0) is 20.0. The van der Waals surface area contributed by atoms with Gasteiger partial charge in [-0.1, -0.05) is 78.9 Å². The highest BCUT2D eigenvalue weighted by molar-refractivity contribution is 6.09. The third-order valence-corrected chi connectivity index (χ3v) is 5.41. The summed E-state index contributed by atoms with van der Waals surface area (Å²) in [5, 5.41) is 25.7. The number of aromatic hydroxyl groups is 2. The molecule has 0 aliphatic carbocycles. The molecule has 0 aliphatic rings. The number of fused-ring (bicyclic) bond motifs is 2. The number of nitrogen functional groups attached to an aromatic ring is 1. The zero-order valence-electron chi connectivity index (χ0n) is 15.6. The highest BCUT2D eigenvalue weighted by Crippen LogP contribution is 2.50. The first-order valence-corrected chi connectivity index (χ1v) is 9.46. The maximum atomic E-state index is 11.3. The van der Waals surface area contributed by atoms with Gasteiger partial charge in [-0.2, -0.15) is 0 Å². The van der Waals surface area contributed by atoms with Crippen LogP contribution in [0, 0.1) is 0 Å². The van der Waals surface area contributed by atoms with Crippen molar-refractivity contribution in [2.75, 3.05) is 5.73 Å². The lowest BCUT2D eigenvalue weighted by molar-refractivity contribution is 0.476. The van der Waals surface area contributed by atoms with Gasteiger partial charge in [-0.15, -0.1) is 0 Å². The molecule has 0 amide bonds. The molecule has 0 aromatic heterocycles. The molecule has 5 aromatic rings. The normalized spacial score (nSPS) is 11.2. The van der Waals surface area contributed by atoms with E-state index in [-0.39, 0.29) is 11.5 Å². The molecule has 0 atom stereocenters. The van der Waals surface area contributed by atoms with Crippen molar-refractivity contribution in [1.82, 2.24) is 0 Å². The first-order chi connectivity index (χ1) is 14.1. The first-order valence-electron chi connectivity index (χ1n) is 9.46. The highest BCUT2D eigenvalue weighted by Gasteiger charge is 2.22. The Hall–Kier alpha value is -3.98. The second kappa shape index (κ2) is 6.57. The Labute approximate surface area is 168 Å². The fraction of sp³-hybridized carbons (Fsp3) is 0. The molecule has 0 aliphatic heterocycles. The maximum Gasteiger partial charge on any atom is 0.133 e. The number of phenols is 2. The van der Waals surface area contributed by atoms with E-state index in [0.29, 0.717) is 27.6 Å². The fourth-order valence-electron chi connectivity index (χ4n) is 4.04. The fourth-order valence-corrected chi connectivity index (χ4v) is 4.04. The van der Waals surface area contributed by atoms with E-state index in [4.69, 9.17) is 5.73 Å². The average Bonchev–Trinajstić information content (AvgIpc) is 2.76. The van der Waals surface area contributed by atoms with Gasteiger partial charge in [0.2, 0.25) is 0 Å². The SMILES string of the molecule is Nc1cc2ccccc2c(O)c1-c1c(-c2ccccc2)cc2ccccc2c1O. The van der Waals surface area contributed by atoms with E-state index in [1.807, 2.05) is 91.0 Å². The Morgan fingerprint density at radius 3 is 1.72 bits per heavy atom. The van der Waals surface area contributed by atoms with E-state index in [9.17, 15) is 10.2 Å². The van der Waals surface area contributed by atoms with Gasteiger partial charge in [-0.3, -0.25) is 0 Å². The molecule has 3 heteroatoms. The van der Waals surface area contributed by atoms with Crippen LogP contribution in [0.4, 0.5) is 5.69 Å². The summed E-state index contributed by atoms with van der Waals surface area (Å²) in [5.41, 5.74) is 9.58. The third kappa shape index (κ3) is 2.67. The van der Waals surface area contributed by atoms with Gasteiger partial charge in [0.05, 0.1) is 5.56 Å². The van der Waals surface area contributed by atoms with Crippen LogP contribution in [0.25, 0.3) is 43.8 Å². The van der Waals surface area contributed by atoms with Gasteiger partial charge >= 0.3 is 0 Å². The molecular weight excluding hydrogens is 358 g/mol. The molecule has 0 saturated carbocycles. The lowest BCUT2D eigenvalue weighted by Gasteiger charge is -2.19. The van der Waals surface area contributed by atoms with Crippen molar-refractivity contribution in [3.63, 3.8) is 0 Å². The van der Waals surface area contributed by atoms with Crippen molar-refractivity contribution in [2.24, 2.45) is 0 Å². The average molecular weight is 377 g/mol. The van der Waals surface area contributed by atoms with E-state index < -0.39 is 0 Å². The Kier molecular flexibility index (Phi) is 3.88. The third-order valence-electron chi connectivity index (χ3n) is 5.41. The molecule has 4 N–H and O–H groups in total. The number of phenolic OH excluding ortho intramolecular Hbond substituents is 2. The van der Waals surface area contributed by atoms with E-state index in [0.717, 1.165) is 21.9 Å². The molecule has 140 valence electrons. The van der Waals surface area contributed by atoms with Crippen LogP contribution in [0.3, 0.4) is 0 Å². The van der Waals surface area contributed by atoms with Gasteiger partial charge < -0.3 is 15.9 Å². The number of nitrogens with two attached hydrogens (primary N) is 1. The van der Waals surface area contributed by atoms with Crippen LogP contribution in [0.5, 0.6) is 11.5 Å². The lowest BCUT2D eigenvalue weighted by Crippen LogP contribution is -1.95. The summed E-state index contributed by atoms with van der Waals surface area (Å²) < 4.78 is 0. The molecule has 5 aromatic carbocycles. The number of anilines is 1. The minimum atomic E-state index is 0.0726. The van der Waals surface area contributed by atoms with E-state index in [1.54, 1.807) is 0 Å². The topological polar surface area (TPSA) is 66.5 Å². The molecule has 0 heterocycles. The largest absolute Gasteiger partial charge is 0.507 e. The Bertz CT molecular complexity index is 1370. The Morgan fingerprint density at radius 2 is 1.07 bits per heavy atom. The second-order valence-corrected chi connectivity index (χ2v) is 7.15. The van der Waals surface area contributed by atoms with Crippen LogP contribution in [0.1, 0.15) is 0 Å². The summed E-state index contributed by atoms with van der Waals surface area (Å²) >= 11 is 0. The molecule has 0 unspecified atom stereocenters. The summed E-state index contributed by atoms with van der Waals surface area (Å²) in [6, 6.07) is 28.9.